The van der Waals surface area contributed by atoms with Crippen molar-refractivity contribution in [1.29, 1.82) is 0 Å². The van der Waals surface area contributed by atoms with Gasteiger partial charge in [0.05, 0.1) is 12.7 Å². The lowest BCUT2D eigenvalue weighted by molar-refractivity contribution is 0.0376. The molecule has 4 rings (SSSR count). The lowest BCUT2D eigenvalue weighted by atomic mass is 9.95. The molecular weight excluding hydrogens is 260 g/mol. The Morgan fingerprint density at radius 2 is 2.14 bits per heavy atom. The van der Waals surface area contributed by atoms with Crippen molar-refractivity contribution in [2.24, 2.45) is 0 Å². The van der Waals surface area contributed by atoms with Crippen molar-refractivity contribution in [3.8, 4) is 0 Å². The minimum Gasteiger partial charge on any atom is -0.372 e. The number of fused-ring (bicyclic) bond motifs is 2. The van der Waals surface area contributed by atoms with Gasteiger partial charge in [0.25, 0.3) is 0 Å². The van der Waals surface area contributed by atoms with Gasteiger partial charge in [-0.3, -0.25) is 0 Å². The molecule has 3 nitrogen and oxygen atoms in total. The number of rotatable bonds is 3. The van der Waals surface area contributed by atoms with Gasteiger partial charge in [0, 0.05) is 18.6 Å². The lowest BCUT2D eigenvalue weighted by Crippen LogP contribution is -2.46. The summed E-state index contributed by atoms with van der Waals surface area (Å²) in [5.74, 6) is 0. The molecule has 0 spiro atoms. The summed E-state index contributed by atoms with van der Waals surface area (Å²) < 4.78 is 6.01. The van der Waals surface area contributed by atoms with Gasteiger partial charge in [0.1, 0.15) is 0 Å². The normalized spacial score (nSPS) is 32.7. The highest BCUT2D eigenvalue weighted by molar-refractivity contribution is 5.31. The number of ether oxygens (including phenoxy) is 1. The molecule has 2 fully saturated rings. The van der Waals surface area contributed by atoms with Gasteiger partial charge in [-0.25, -0.2) is 0 Å². The van der Waals surface area contributed by atoms with Gasteiger partial charge in [0.2, 0.25) is 0 Å². The third-order valence-electron chi connectivity index (χ3n) is 5.50. The summed E-state index contributed by atoms with van der Waals surface area (Å²) in [5.41, 5.74) is 2.87. The summed E-state index contributed by atoms with van der Waals surface area (Å²) >= 11 is 0. The molecule has 0 saturated carbocycles. The summed E-state index contributed by atoms with van der Waals surface area (Å²) in [6, 6.07) is 10.3. The van der Waals surface area contributed by atoms with Crippen molar-refractivity contribution in [2.45, 2.75) is 50.3 Å². The highest BCUT2D eigenvalue weighted by Gasteiger charge is 2.32. The largest absolute Gasteiger partial charge is 0.372 e. The zero-order valence-electron chi connectivity index (χ0n) is 12.8. The van der Waals surface area contributed by atoms with E-state index in [-0.39, 0.29) is 6.10 Å². The predicted octanol–water partition coefficient (Wildman–Crippen LogP) is 2.52. The van der Waals surface area contributed by atoms with Crippen LogP contribution < -0.4 is 5.32 Å². The molecule has 2 saturated heterocycles. The van der Waals surface area contributed by atoms with Crippen LogP contribution >= 0.6 is 0 Å². The predicted molar refractivity (Wildman–Crippen MR) is 84.5 cm³/mol. The van der Waals surface area contributed by atoms with E-state index in [0.717, 1.165) is 25.6 Å². The van der Waals surface area contributed by atoms with Crippen molar-refractivity contribution >= 4 is 0 Å². The van der Waals surface area contributed by atoms with Crippen LogP contribution in [0.15, 0.2) is 24.3 Å². The van der Waals surface area contributed by atoms with Crippen LogP contribution in [0.2, 0.25) is 0 Å². The molecule has 3 aliphatic rings. The van der Waals surface area contributed by atoms with Crippen LogP contribution in [0, 0.1) is 0 Å². The first-order chi connectivity index (χ1) is 10.4. The zero-order valence-corrected chi connectivity index (χ0v) is 12.8. The molecule has 3 aliphatic heterocycles. The summed E-state index contributed by atoms with van der Waals surface area (Å²) in [6.07, 6.45) is 6.74. The molecule has 1 N–H and O–H groups in total. The summed E-state index contributed by atoms with van der Waals surface area (Å²) in [4.78, 5) is 2.69. The van der Waals surface area contributed by atoms with E-state index < -0.39 is 0 Å². The molecule has 21 heavy (non-hydrogen) atoms. The van der Waals surface area contributed by atoms with Crippen molar-refractivity contribution in [1.82, 2.24) is 10.2 Å². The van der Waals surface area contributed by atoms with Crippen molar-refractivity contribution in [3.63, 3.8) is 0 Å². The van der Waals surface area contributed by atoms with Gasteiger partial charge in [-0.15, -0.1) is 0 Å². The molecule has 3 heteroatoms. The highest BCUT2D eigenvalue weighted by atomic mass is 16.5. The maximum atomic E-state index is 6.01. The van der Waals surface area contributed by atoms with Crippen LogP contribution in [0.25, 0.3) is 0 Å². The van der Waals surface area contributed by atoms with Gasteiger partial charge < -0.3 is 15.0 Å². The molecule has 1 aromatic carbocycles. The molecule has 3 atom stereocenters. The Balaban J connectivity index is 1.35. The minimum atomic E-state index is 0.247. The Labute approximate surface area is 127 Å². The third-order valence-corrected chi connectivity index (χ3v) is 5.50. The van der Waals surface area contributed by atoms with E-state index in [1.165, 1.54) is 49.9 Å². The Kier molecular flexibility index (Phi) is 3.97. The van der Waals surface area contributed by atoms with E-state index in [1.807, 2.05) is 0 Å². The fourth-order valence-electron chi connectivity index (χ4n) is 4.33. The van der Waals surface area contributed by atoms with Gasteiger partial charge in [0.15, 0.2) is 0 Å². The lowest BCUT2D eigenvalue weighted by Gasteiger charge is -2.36. The fraction of sp³-hybridized carbons (Fsp3) is 0.667. The van der Waals surface area contributed by atoms with Gasteiger partial charge in [-0.1, -0.05) is 24.3 Å². The van der Waals surface area contributed by atoms with Crippen molar-refractivity contribution in [3.05, 3.63) is 35.4 Å². The SMILES string of the molecule is c1ccc2c(c1)CCOC2CNC1CCN2CCCC2C1. The van der Waals surface area contributed by atoms with Crippen LogP contribution in [-0.2, 0) is 11.2 Å². The number of nitrogens with one attached hydrogen (secondary N) is 1. The smallest absolute Gasteiger partial charge is 0.0952 e. The van der Waals surface area contributed by atoms with E-state index in [0.29, 0.717) is 6.04 Å². The number of benzene rings is 1. The fourth-order valence-corrected chi connectivity index (χ4v) is 4.33. The average molecular weight is 286 g/mol. The Bertz CT molecular complexity index is 490. The van der Waals surface area contributed by atoms with E-state index in [9.17, 15) is 0 Å². The number of nitrogens with zero attached hydrogens (tertiary/aromatic N) is 1. The van der Waals surface area contributed by atoms with E-state index in [1.54, 1.807) is 0 Å². The third kappa shape index (κ3) is 2.87. The van der Waals surface area contributed by atoms with Crippen LogP contribution in [0.5, 0.6) is 0 Å². The minimum absolute atomic E-state index is 0.247. The first kappa shape index (κ1) is 13.7. The maximum Gasteiger partial charge on any atom is 0.0952 e. The average Bonchev–Trinajstić information content (AvgIpc) is 3.00. The maximum absolute atomic E-state index is 6.01. The van der Waals surface area contributed by atoms with Gasteiger partial charge >= 0.3 is 0 Å². The Morgan fingerprint density at radius 3 is 3.14 bits per heavy atom. The van der Waals surface area contributed by atoms with Crippen LogP contribution in [-0.4, -0.2) is 43.2 Å². The second kappa shape index (κ2) is 6.07. The molecule has 3 unspecified atom stereocenters. The highest BCUT2D eigenvalue weighted by Crippen LogP contribution is 2.29. The second-order valence-electron chi connectivity index (χ2n) is 6.77. The van der Waals surface area contributed by atoms with Gasteiger partial charge in [-0.2, -0.15) is 0 Å². The molecule has 0 aromatic heterocycles. The molecule has 0 bridgehead atoms. The summed E-state index contributed by atoms with van der Waals surface area (Å²) in [5, 5.41) is 3.79. The van der Waals surface area contributed by atoms with Crippen molar-refractivity contribution in [2.75, 3.05) is 26.2 Å². The number of piperidine rings is 1. The topological polar surface area (TPSA) is 24.5 Å². The monoisotopic (exact) mass is 286 g/mol. The molecule has 114 valence electrons. The second-order valence-corrected chi connectivity index (χ2v) is 6.77. The molecule has 1 aromatic rings. The molecular formula is C18H26N2O. The molecule has 0 amide bonds. The van der Waals surface area contributed by atoms with Crippen molar-refractivity contribution < 1.29 is 4.74 Å². The molecule has 0 radical (unpaired) electrons. The summed E-state index contributed by atoms with van der Waals surface area (Å²) in [7, 11) is 0. The number of hydrogen-bond donors (Lipinski definition) is 1. The first-order valence-electron chi connectivity index (χ1n) is 8.57. The van der Waals surface area contributed by atoms with E-state index in [2.05, 4.69) is 34.5 Å². The summed E-state index contributed by atoms with van der Waals surface area (Å²) in [6.45, 7) is 4.44. The van der Waals surface area contributed by atoms with E-state index in [4.69, 9.17) is 4.74 Å². The van der Waals surface area contributed by atoms with Gasteiger partial charge in [-0.05, 0) is 56.3 Å². The molecule has 3 heterocycles. The Morgan fingerprint density at radius 1 is 1.19 bits per heavy atom. The number of hydrogen-bond acceptors (Lipinski definition) is 3. The quantitative estimate of drug-likeness (QED) is 0.924. The van der Waals surface area contributed by atoms with Crippen LogP contribution in [0.3, 0.4) is 0 Å². The van der Waals surface area contributed by atoms with Crippen LogP contribution in [0.4, 0.5) is 0 Å². The Hall–Kier alpha value is -0.900. The van der Waals surface area contributed by atoms with Crippen LogP contribution in [0.1, 0.15) is 42.9 Å². The standard InChI is InChI=1S/C18H26N2O/c1-2-6-17-14(4-1)8-11-21-18(17)13-19-15-7-10-20-9-3-5-16(20)12-15/h1-2,4,6,15-16,18-19H,3,5,7-13H2. The zero-order chi connectivity index (χ0) is 14.1. The first-order valence-corrected chi connectivity index (χ1v) is 8.57. The van der Waals surface area contributed by atoms with E-state index >= 15 is 0 Å². The molecule has 0 aliphatic carbocycles.